The lowest BCUT2D eigenvalue weighted by atomic mass is 9.79. The monoisotopic (exact) mass is 404 g/mol. The van der Waals surface area contributed by atoms with Gasteiger partial charge < -0.3 is 19.0 Å². The van der Waals surface area contributed by atoms with Gasteiger partial charge in [-0.05, 0) is 39.8 Å². The molecule has 2 aromatic heterocycles. The van der Waals surface area contributed by atoms with Gasteiger partial charge in [-0.1, -0.05) is 18.2 Å². The second kappa shape index (κ2) is 6.50. The smallest absolute Gasteiger partial charge is 0.405 e. The highest BCUT2D eigenvalue weighted by Crippen LogP contribution is 2.38. The Hall–Kier alpha value is -2.52. The summed E-state index contributed by atoms with van der Waals surface area (Å²) < 4.78 is 54.8. The van der Waals surface area contributed by atoms with Crippen LogP contribution in [0.5, 0.6) is 5.75 Å². The molecule has 1 N–H and O–H groups in total. The average molecular weight is 404 g/mol. The van der Waals surface area contributed by atoms with Crippen molar-refractivity contribution in [3.05, 3.63) is 42.7 Å². The van der Waals surface area contributed by atoms with Gasteiger partial charge in [0, 0.05) is 34.4 Å². The molecule has 0 aliphatic carbocycles. The highest BCUT2D eigenvalue weighted by molar-refractivity contribution is 6.62. The van der Waals surface area contributed by atoms with Crippen LogP contribution in [0.2, 0.25) is 0 Å². The number of rotatable bonds is 3. The first kappa shape index (κ1) is 19.8. The van der Waals surface area contributed by atoms with E-state index in [1.54, 1.807) is 24.5 Å². The molecule has 1 aliphatic rings. The number of H-pyrrole nitrogens is 1. The van der Waals surface area contributed by atoms with Crippen molar-refractivity contribution >= 4 is 23.6 Å². The lowest BCUT2D eigenvalue weighted by molar-refractivity contribution is -0.274. The van der Waals surface area contributed by atoms with E-state index in [0.29, 0.717) is 27.6 Å². The number of hydrogen-bond donors (Lipinski definition) is 1. The molecule has 0 radical (unpaired) electrons. The fraction of sp³-hybridized carbons (Fsp3) is 0.350. The van der Waals surface area contributed by atoms with Gasteiger partial charge in [0.1, 0.15) is 11.4 Å². The molecule has 0 amide bonds. The SMILES string of the molecule is CC1(C)OB(c2cnc3[nH]cc(-c4ccccc4OC(F)(F)F)c3c2)OC1(C)C. The minimum Gasteiger partial charge on any atom is -0.405 e. The summed E-state index contributed by atoms with van der Waals surface area (Å²) in [6.45, 7) is 7.80. The molecule has 0 unspecified atom stereocenters. The van der Waals surface area contributed by atoms with Crippen LogP contribution in [0, 0.1) is 0 Å². The quantitative estimate of drug-likeness (QED) is 0.657. The van der Waals surface area contributed by atoms with Gasteiger partial charge >= 0.3 is 13.5 Å². The maximum absolute atomic E-state index is 12.8. The first-order chi connectivity index (χ1) is 13.5. The van der Waals surface area contributed by atoms with Crippen molar-refractivity contribution in [1.29, 1.82) is 0 Å². The van der Waals surface area contributed by atoms with Crippen LogP contribution >= 0.6 is 0 Å². The summed E-state index contributed by atoms with van der Waals surface area (Å²) in [5, 5.41) is 0.649. The van der Waals surface area contributed by atoms with Crippen LogP contribution in [0.25, 0.3) is 22.2 Å². The zero-order valence-electron chi connectivity index (χ0n) is 16.4. The van der Waals surface area contributed by atoms with E-state index in [0.717, 1.165) is 0 Å². The van der Waals surface area contributed by atoms with Crippen LogP contribution in [0.15, 0.2) is 42.7 Å². The topological polar surface area (TPSA) is 56.4 Å². The minimum atomic E-state index is -4.78. The number of hydrogen-bond acceptors (Lipinski definition) is 4. The van der Waals surface area contributed by atoms with Crippen molar-refractivity contribution in [2.45, 2.75) is 45.3 Å². The molecular weight excluding hydrogens is 384 g/mol. The van der Waals surface area contributed by atoms with Gasteiger partial charge in [-0.3, -0.25) is 0 Å². The molecule has 3 heterocycles. The number of alkyl halides is 3. The van der Waals surface area contributed by atoms with Crippen molar-refractivity contribution < 1.29 is 27.2 Å². The summed E-state index contributed by atoms with van der Waals surface area (Å²) in [5.74, 6) is -0.276. The fourth-order valence-corrected chi connectivity index (χ4v) is 3.25. The van der Waals surface area contributed by atoms with E-state index < -0.39 is 24.7 Å². The third-order valence-corrected chi connectivity index (χ3v) is 5.48. The Morgan fingerprint density at radius 1 is 1.03 bits per heavy atom. The zero-order chi connectivity index (χ0) is 21.0. The van der Waals surface area contributed by atoms with Crippen molar-refractivity contribution in [3.63, 3.8) is 0 Å². The van der Waals surface area contributed by atoms with Crippen molar-refractivity contribution in [1.82, 2.24) is 9.97 Å². The number of ether oxygens (including phenoxy) is 1. The molecule has 4 rings (SSSR count). The first-order valence-corrected chi connectivity index (χ1v) is 9.15. The number of nitrogens with zero attached hydrogens (tertiary/aromatic N) is 1. The summed E-state index contributed by atoms with van der Waals surface area (Å²) in [6, 6.07) is 7.83. The zero-order valence-corrected chi connectivity index (χ0v) is 16.4. The molecule has 1 saturated heterocycles. The second-order valence-corrected chi connectivity index (χ2v) is 8.00. The van der Waals surface area contributed by atoms with Gasteiger partial charge in [-0.2, -0.15) is 0 Å². The van der Waals surface area contributed by atoms with Crippen LogP contribution in [0.4, 0.5) is 13.2 Å². The van der Waals surface area contributed by atoms with Gasteiger partial charge in [-0.25, -0.2) is 4.98 Å². The number of aromatic amines is 1. The van der Waals surface area contributed by atoms with Crippen LogP contribution in [0.3, 0.4) is 0 Å². The highest BCUT2D eigenvalue weighted by atomic mass is 19.4. The Labute approximate surface area is 166 Å². The third-order valence-electron chi connectivity index (χ3n) is 5.48. The number of fused-ring (bicyclic) bond motifs is 1. The van der Waals surface area contributed by atoms with E-state index in [4.69, 9.17) is 9.31 Å². The van der Waals surface area contributed by atoms with Gasteiger partial charge in [-0.15, -0.1) is 13.2 Å². The van der Waals surface area contributed by atoms with Gasteiger partial charge in [0.2, 0.25) is 0 Å². The number of aromatic nitrogens is 2. The maximum atomic E-state index is 12.8. The van der Waals surface area contributed by atoms with Gasteiger partial charge in [0.05, 0.1) is 11.2 Å². The Kier molecular flexibility index (Phi) is 4.43. The predicted octanol–water partition coefficient (Wildman–Crippen LogP) is 4.43. The average Bonchev–Trinajstić information content (AvgIpc) is 3.11. The summed E-state index contributed by atoms with van der Waals surface area (Å²) in [6.07, 6.45) is -1.53. The van der Waals surface area contributed by atoms with Crippen LogP contribution in [-0.4, -0.2) is 34.7 Å². The van der Waals surface area contributed by atoms with Crippen LogP contribution < -0.4 is 10.2 Å². The molecule has 0 atom stereocenters. The Balaban J connectivity index is 1.77. The minimum absolute atomic E-state index is 0.276. The fourth-order valence-electron chi connectivity index (χ4n) is 3.25. The molecule has 5 nitrogen and oxygen atoms in total. The van der Waals surface area contributed by atoms with Gasteiger partial charge in [0.15, 0.2) is 0 Å². The maximum Gasteiger partial charge on any atom is 0.573 e. The number of para-hydroxylation sites is 1. The van der Waals surface area contributed by atoms with E-state index in [1.165, 1.54) is 12.1 Å². The summed E-state index contributed by atoms with van der Waals surface area (Å²) in [4.78, 5) is 7.39. The van der Waals surface area contributed by atoms with E-state index in [-0.39, 0.29) is 5.75 Å². The van der Waals surface area contributed by atoms with Crippen molar-refractivity contribution in [3.8, 4) is 16.9 Å². The first-order valence-electron chi connectivity index (χ1n) is 9.15. The Bertz CT molecular complexity index is 1050. The standard InChI is InChI=1S/C20H20BF3N2O3/c1-18(2)19(3,4)29-21(28-18)12-9-14-15(11-26-17(14)25-10-12)13-7-5-6-8-16(13)27-20(22,23)24/h5-11H,1-4H3,(H,25,26). The molecule has 1 aromatic carbocycles. The predicted molar refractivity (Wildman–Crippen MR) is 104 cm³/mol. The molecule has 0 spiro atoms. The largest absolute Gasteiger partial charge is 0.573 e. The van der Waals surface area contributed by atoms with Crippen LogP contribution in [0.1, 0.15) is 27.7 Å². The normalized spacial score (nSPS) is 18.4. The summed E-state index contributed by atoms with van der Waals surface area (Å²) in [5.41, 5.74) is 1.06. The molecule has 3 aromatic rings. The molecule has 1 aliphatic heterocycles. The third kappa shape index (κ3) is 3.60. The van der Waals surface area contributed by atoms with E-state index in [1.807, 2.05) is 33.8 Å². The van der Waals surface area contributed by atoms with E-state index >= 15 is 0 Å². The Morgan fingerprint density at radius 3 is 2.34 bits per heavy atom. The molecule has 1 fully saturated rings. The molecule has 9 heteroatoms. The number of nitrogens with one attached hydrogen (secondary N) is 1. The van der Waals surface area contributed by atoms with Crippen molar-refractivity contribution in [2.24, 2.45) is 0 Å². The van der Waals surface area contributed by atoms with Crippen molar-refractivity contribution in [2.75, 3.05) is 0 Å². The molecule has 0 bridgehead atoms. The lowest BCUT2D eigenvalue weighted by Gasteiger charge is -2.32. The Morgan fingerprint density at radius 2 is 1.69 bits per heavy atom. The molecule has 0 saturated carbocycles. The molecular formula is C20H20BF3N2O3. The lowest BCUT2D eigenvalue weighted by Crippen LogP contribution is -2.41. The molecule has 152 valence electrons. The number of halogens is 3. The molecule has 29 heavy (non-hydrogen) atoms. The number of benzene rings is 1. The second-order valence-electron chi connectivity index (χ2n) is 8.00. The summed E-state index contributed by atoms with van der Waals surface area (Å²) in [7, 11) is -0.624. The van der Waals surface area contributed by atoms with Crippen LogP contribution in [-0.2, 0) is 9.31 Å². The summed E-state index contributed by atoms with van der Waals surface area (Å²) >= 11 is 0. The van der Waals surface area contributed by atoms with Gasteiger partial charge in [0.25, 0.3) is 0 Å². The number of pyridine rings is 1. The highest BCUT2D eigenvalue weighted by Gasteiger charge is 2.51. The van der Waals surface area contributed by atoms with E-state index in [9.17, 15) is 13.2 Å². The van der Waals surface area contributed by atoms with E-state index in [2.05, 4.69) is 14.7 Å².